The molecule has 0 atom stereocenters. The van der Waals surface area contributed by atoms with E-state index in [4.69, 9.17) is 4.42 Å². The average molecular weight is 417 g/mol. The first-order valence-corrected chi connectivity index (χ1v) is 10.2. The fraction of sp³-hybridized carbons (Fsp3) is 0.208. The third-order valence-corrected chi connectivity index (χ3v) is 5.12. The molecule has 2 aromatic carbocycles. The summed E-state index contributed by atoms with van der Waals surface area (Å²) in [5.74, 6) is -0.472. The van der Waals surface area contributed by atoms with Gasteiger partial charge in [0.05, 0.1) is 12.1 Å². The molecule has 2 heterocycles. The van der Waals surface area contributed by atoms with E-state index in [9.17, 15) is 14.4 Å². The fourth-order valence-electron chi connectivity index (χ4n) is 3.46. The van der Waals surface area contributed by atoms with Crippen LogP contribution in [0.25, 0.3) is 11.1 Å². The summed E-state index contributed by atoms with van der Waals surface area (Å²) in [5.41, 5.74) is 3.25. The number of amides is 1. The molecule has 0 bridgehead atoms. The first kappa shape index (κ1) is 20.4. The zero-order chi connectivity index (χ0) is 21.6. The number of aromatic nitrogens is 2. The van der Waals surface area contributed by atoms with Gasteiger partial charge < -0.3 is 14.3 Å². The number of nitrogens with one attached hydrogen (secondary N) is 1. The number of nitrogens with zero attached hydrogens (tertiary/aromatic N) is 2. The minimum Gasteiger partial charge on any atom is -0.408 e. The van der Waals surface area contributed by atoms with Crippen LogP contribution in [0.3, 0.4) is 0 Å². The number of pyridine rings is 1. The Kier molecular flexibility index (Phi) is 6.12. The monoisotopic (exact) mass is 417 g/mol. The maximum Gasteiger partial charge on any atom is 0.419 e. The maximum atomic E-state index is 12.2. The van der Waals surface area contributed by atoms with Crippen LogP contribution in [-0.2, 0) is 24.4 Å². The van der Waals surface area contributed by atoms with Gasteiger partial charge >= 0.3 is 5.76 Å². The number of carbonyl (C=O) groups is 1. The van der Waals surface area contributed by atoms with Gasteiger partial charge in [0, 0.05) is 31.8 Å². The minimum absolute atomic E-state index is 0.0375. The summed E-state index contributed by atoms with van der Waals surface area (Å²) in [5, 5.41) is 2.90. The van der Waals surface area contributed by atoms with Gasteiger partial charge in [0.15, 0.2) is 5.58 Å². The van der Waals surface area contributed by atoms with Gasteiger partial charge in [-0.2, -0.15) is 0 Å². The van der Waals surface area contributed by atoms with Gasteiger partial charge in [-0.15, -0.1) is 0 Å². The summed E-state index contributed by atoms with van der Waals surface area (Å²) in [6.07, 6.45) is 2.62. The number of hydrogen-bond donors (Lipinski definition) is 1. The second-order valence-electron chi connectivity index (χ2n) is 7.35. The van der Waals surface area contributed by atoms with E-state index in [1.165, 1.54) is 6.07 Å². The average Bonchev–Trinajstić information content (AvgIpc) is 3.10. The Balaban J connectivity index is 1.25. The van der Waals surface area contributed by atoms with Crippen LogP contribution >= 0.6 is 0 Å². The molecule has 0 fully saturated rings. The molecular weight excluding hydrogens is 394 g/mol. The Morgan fingerprint density at radius 1 is 0.903 bits per heavy atom. The summed E-state index contributed by atoms with van der Waals surface area (Å²) >= 11 is 0. The third-order valence-electron chi connectivity index (χ3n) is 5.12. The van der Waals surface area contributed by atoms with Crippen molar-refractivity contribution in [2.75, 3.05) is 0 Å². The number of rotatable bonds is 8. The smallest absolute Gasteiger partial charge is 0.408 e. The molecule has 1 amide bonds. The highest BCUT2D eigenvalue weighted by atomic mass is 16.4. The SMILES string of the molecule is O=C(CCCn1c(=O)oc2ccccc21)NCc1ccc(Cn2ccccc2=O)cc1. The summed E-state index contributed by atoms with van der Waals surface area (Å²) in [4.78, 5) is 35.9. The predicted molar refractivity (Wildman–Crippen MR) is 118 cm³/mol. The van der Waals surface area contributed by atoms with E-state index in [-0.39, 0.29) is 11.5 Å². The van der Waals surface area contributed by atoms with Gasteiger partial charge in [-0.3, -0.25) is 14.2 Å². The molecule has 158 valence electrons. The molecule has 0 saturated heterocycles. The van der Waals surface area contributed by atoms with E-state index in [2.05, 4.69) is 5.32 Å². The third kappa shape index (κ3) is 5.01. The molecule has 1 N–H and O–H groups in total. The van der Waals surface area contributed by atoms with Gasteiger partial charge in [-0.1, -0.05) is 42.5 Å². The number of aryl methyl sites for hydroxylation is 1. The number of hydrogen-bond acceptors (Lipinski definition) is 4. The molecule has 0 spiro atoms. The van der Waals surface area contributed by atoms with Crippen LogP contribution in [0.1, 0.15) is 24.0 Å². The molecule has 31 heavy (non-hydrogen) atoms. The van der Waals surface area contributed by atoms with Crippen LogP contribution in [-0.4, -0.2) is 15.0 Å². The van der Waals surface area contributed by atoms with E-state index >= 15 is 0 Å². The summed E-state index contributed by atoms with van der Waals surface area (Å²) in [7, 11) is 0. The van der Waals surface area contributed by atoms with Crippen molar-refractivity contribution in [1.29, 1.82) is 0 Å². The van der Waals surface area contributed by atoms with Crippen LogP contribution in [0.15, 0.2) is 86.9 Å². The Morgan fingerprint density at radius 2 is 1.65 bits per heavy atom. The lowest BCUT2D eigenvalue weighted by Gasteiger charge is -2.08. The van der Waals surface area contributed by atoms with Crippen LogP contribution in [0.4, 0.5) is 0 Å². The lowest BCUT2D eigenvalue weighted by molar-refractivity contribution is -0.121. The first-order chi connectivity index (χ1) is 15.1. The molecule has 0 aliphatic rings. The zero-order valence-electron chi connectivity index (χ0n) is 17.0. The van der Waals surface area contributed by atoms with Crippen LogP contribution < -0.4 is 16.6 Å². The van der Waals surface area contributed by atoms with Gasteiger partial charge in [-0.25, -0.2) is 4.79 Å². The van der Waals surface area contributed by atoms with Crippen molar-refractivity contribution >= 4 is 17.0 Å². The summed E-state index contributed by atoms with van der Waals surface area (Å²) in [6, 6.07) is 20.1. The highest BCUT2D eigenvalue weighted by Gasteiger charge is 2.09. The van der Waals surface area contributed by atoms with Crippen molar-refractivity contribution in [1.82, 2.24) is 14.5 Å². The maximum absolute atomic E-state index is 12.2. The lowest BCUT2D eigenvalue weighted by Crippen LogP contribution is -2.23. The molecule has 7 heteroatoms. The van der Waals surface area contributed by atoms with Crippen molar-refractivity contribution < 1.29 is 9.21 Å². The molecule has 4 aromatic rings. The van der Waals surface area contributed by atoms with E-state index in [1.807, 2.05) is 48.5 Å². The van der Waals surface area contributed by atoms with E-state index in [0.29, 0.717) is 38.1 Å². The number of fused-ring (bicyclic) bond motifs is 1. The minimum atomic E-state index is -0.403. The predicted octanol–water partition coefficient (Wildman–Crippen LogP) is 2.90. The van der Waals surface area contributed by atoms with Crippen molar-refractivity contribution in [2.45, 2.75) is 32.5 Å². The van der Waals surface area contributed by atoms with E-state index in [1.54, 1.807) is 27.5 Å². The molecule has 7 nitrogen and oxygen atoms in total. The summed E-state index contributed by atoms with van der Waals surface area (Å²) < 4.78 is 8.40. The largest absolute Gasteiger partial charge is 0.419 e. The standard InChI is InChI=1S/C24H23N3O4/c28-22(8-5-15-27-20-6-1-2-7-21(20)31-24(27)30)25-16-18-10-12-19(13-11-18)17-26-14-4-3-9-23(26)29/h1-4,6-7,9-14H,5,8,15-17H2,(H,25,28). The van der Waals surface area contributed by atoms with Crippen molar-refractivity contribution in [3.63, 3.8) is 0 Å². The van der Waals surface area contributed by atoms with Gasteiger partial charge in [0.2, 0.25) is 5.91 Å². The molecule has 0 aliphatic heterocycles. The quantitative estimate of drug-likeness (QED) is 0.478. The number of carbonyl (C=O) groups excluding carboxylic acids is 1. The number of oxazole rings is 1. The molecule has 0 radical (unpaired) electrons. The Hall–Kier alpha value is -3.87. The molecule has 0 aliphatic carbocycles. The van der Waals surface area contributed by atoms with Crippen LogP contribution in [0.2, 0.25) is 0 Å². The van der Waals surface area contributed by atoms with Crippen LogP contribution in [0, 0.1) is 0 Å². The topological polar surface area (TPSA) is 86.2 Å². The molecule has 4 rings (SSSR count). The Morgan fingerprint density at radius 3 is 2.45 bits per heavy atom. The normalized spacial score (nSPS) is 11.0. The molecule has 2 aromatic heterocycles. The molecule has 0 saturated carbocycles. The van der Waals surface area contributed by atoms with E-state index in [0.717, 1.165) is 16.6 Å². The zero-order valence-corrected chi connectivity index (χ0v) is 17.0. The van der Waals surface area contributed by atoms with Crippen molar-refractivity contribution in [3.05, 3.63) is 105 Å². The first-order valence-electron chi connectivity index (χ1n) is 10.2. The Labute approximate surface area is 178 Å². The fourth-order valence-corrected chi connectivity index (χ4v) is 3.46. The van der Waals surface area contributed by atoms with Crippen molar-refractivity contribution in [2.24, 2.45) is 0 Å². The lowest BCUT2D eigenvalue weighted by atomic mass is 10.1. The molecular formula is C24H23N3O4. The summed E-state index contributed by atoms with van der Waals surface area (Å²) in [6.45, 7) is 1.37. The van der Waals surface area contributed by atoms with Crippen molar-refractivity contribution in [3.8, 4) is 0 Å². The number of benzene rings is 2. The second kappa shape index (κ2) is 9.30. The number of para-hydroxylation sites is 2. The van der Waals surface area contributed by atoms with E-state index < -0.39 is 5.76 Å². The second-order valence-corrected chi connectivity index (χ2v) is 7.35. The van der Waals surface area contributed by atoms with Gasteiger partial charge in [0.1, 0.15) is 0 Å². The van der Waals surface area contributed by atoms with Crippen LogP contribution in [0.5, 0.6) is 0 Å². The highest BCUT2D eigenvalue weighted by molar-refractivity contribution is 5.76. The molecule has 0 unspecified atom stereocenters. The van der Waals surface area contributed by atoms with Gasteiger partial charge in [-0.05, 0) is 35.7 Å². The highest BCUT2D eigenvalue weighted by Crippen LogP contribution is 2.12. The van der Waals surface area contributed by atoms with Gasteiger partial charge in [0.25, 0.3) is 5.56 Å². The Bertz CT molecular complexity index is 1300.